The summed E-state index contributed by atoms with van der Waals surface area (Å²) in [5.74, 6) is 0.0468. The Hall–Kier alpha value is -1.14. The predicted molar refractivity (Wildman–Crippen MR) is 65.8 cm³/mol. The lowest BCUT2D eigenvalue weighted by molar-refractivity contribution is 0.214. The molecule has 0 aromatic carbocycles. The lowest BCUT2D eigenvalue weighted by Gasteiger charge is -2.41. The summed E-state index contributed by atoms with van der Waals surface area (Å²) in [5, 5.41) is 0. The zero-order valence-electron chi connectivity index (χ0n) is 9.81. The van der Waals surface area contributed by atoms with Gasteiger partial charge in [-0.25, -0.2) is 18.1 Å². The first-order valence-corrected chi connectivity index (χ1v) is 7.22. The van der Waals surface area contributed by atoms with Gasteiger partial charge < -0.3 is 5.73 Å². The Balaban J connectivity index is 2.29. The Morgan fingerprint density at radius 3 is 2.71 bits per heavy atom. The molecule has 1 fully saturated rings. The monoisotopic (exact) mass is 255 g/mol. The second kappa shape index (κ2) is 4.27. The third-order valence-corrected chi connectivity index (χ3v) is 5.05. The van der Waals surface area contributed by atoms with E-state index < -0.39 is 10.0 Å². The zero-order valence-corrected chi connectivity index (χ0v) is 10.6. The first-order valence-electron chi connectivity index (χ1n) is 5.74. The number of sulfonamides is 1. The van der Waals surface area contributed by atoms with Crippen LogP contribution in [0.5, 0.6) is 0 Å². The Labute approximate surface area is 101 Å². The normalized spacial score (nSPS) is 18.6. The van der Waals surface area contributed by atoms with Crippen molar-refractivity contribution in [1.29, 1.82) is 0 Å². The molecule has 1 heterocycles. The van der Waals surface area contributed by atoms with E-state index in [1.165, 1.54) is 12.3 Å². The molecule has 1 aliphatic carbocycles. The second-order valence-electron chi connectivity index (χ2n) is 4.48. The zero-order chi connectivity index (χ0) is 12.5. The molecule has 6 heteroatoms. The molecule has 3 N–H and O–H groups in total. The molecule has 0 bridgehead atoms. The Morgan fingerprint density at radius 1 is 1.53 bits per heavy atom. The van der Waals surface area contributed by atoms with Crippen LogP contribution in [0.15, 0.2) is 23.2 Å². The summed E-state index contributed by atoms with van der Waals surface area (Å²) in [6.45, 7) is 1.99. The fourth-order valence-electron chi connectivity index (χ4n) is 2.10. The van der Waals surface area contributed by atoms with E-state index in [0.29, 0.717) is 0 Å². The maximum atomic E-state index is 12.2. The number of hydrogen-bond donors (Lipinski definition) is 2. The number of hydrogen-bond acceptors (Lipinski definition) is 4. The molecule has 1 aromatic heterocycles. The minimum Gasteiger partial charge on any atom is -0.383 e. The Bertz CT molecular complexity index is 504. The maximum absolute atomic E-state index is 12.2. The van der Waals surface area contributed by atoms with Crippen molar-refractivity contribution in [2.75, 3.05) is 5.73 Å². The van der Waals surface area contributed by atoms with Crippen molar-refractivity contribution in [3.63, 3.8) is 0 Å². The van der Waals surface area contributed by atoms with Crippen LogP contribution in [0, 0.1) is 0 Å². The summed E-state index contributed by atoms with van der Waals surface area (Å²) >= 11 is 0. The predicted octanol–water partition coefficient (Wildman–Crippen LogP) is 1.27. The lowest BCUT2D eigenvalue weighted by Crippen LogP contribution is -2.52. The van der Waals surface area contributed by atoms with Gasteiger partial charge >= 0.3 is 0 Å². The van der Waals surface area contributed by atoms with E-state index in [9.17, 15) is 8.42 Å². The van der Waals surface area contributed by atoms with Gasteiger partial charge in [0.2, 0.25) is 10.0 Å². The van der Waals surface area contributed by atoms with Gasteiger partial charge in [-0.05, 0) is 37.8 Å². The van der Waals surface area contributed by atoms with E-state index in [1.807, 2.05) is 6.92 Å². The van der Waals surface area contributed by atoms with Crippen molar-refractivity contribution in [2.24, 2.45) is 0 Å². The molecule has 0 amide bonds. The van der Waals surface area contributed by atoms with Crippen molar-refractivity contribution in [3.8, 4) is 0 Å². The number of nitrogen functional groups attached to an aromatic ring is 1. The summed E-state index contributed by atoms with van der Waals surface area (Å²) in [4.78, 5) is 3.87. The highest BCUT2D eigenvalue weighted by Crippen LogP contribution is 2.36. The number of aromatic nitrogens is 1. The first kappa shape index (κ1) is 12.3. The average Bonchev–Trinajstić information content (AvgIpc) is 2.24. The van der Waals surface area contributed by atoms with Crippen molar-refractivity contribution in [2.45, 2.75) is 43.0 Å². The van der Waals surface area contributed by atoms with Crippen molar-refractivity contribution in [3.05, 3.63) is 18.3 Å². The highest BCUT2D eigenvalue weighted by molar-refractivity contribution is 7.89. The van der Waals surface area contributed by atoms with Gasteiger partial charge in [0, 0.05) is 11.7 Å². The molecule has 5 nitrogen and oxygen atoms in total. The molecular weight excluding hydrogens is 238 g/mol. The Kier molecular flexibility index (Phi) is 3.09. The van der Waals surface area contributed by atoms with Gasteiger partial charge in [0.25, 0.3) is 0 Å². The van der Waals surface area contributed by atoms with Crippen LogP contribution < -0.4 is 10.5 Å². The number of nitrogens with two attached hydrogens (primary N) is 1. The van der Waals surface area contributed by atoms with Crippen molar-refractivity contribution < 1.29 is 8.42 Å². The third kappa shape index (κ3) is 2.28. The van der Waals surface area contributed by atoms with Crippen molar-refractivity contribution >= 4 is 15.8 Å². The quantitative estimate of drug-likeness (QED) is 0.848. The smallest absolute Gasteiger partial charge is 0.244 e. The van der Waals surface area contributed by atoms with Crippen LogP contribution in [0.3, 0.4) is 0 Å². The molecule has 0 spiro atoms. The molecule has 0 saturated heterocycles. The molecule has 17 heavy (non-hydrogen) atoms. The summed E-state index contributed by atoms with van der Waals surface area (Å²) in [7, 11) is -3.56. The molecular formula is C11H17N3O2S. The number of anilines is 1. The molecule has 0 unspecified atom stereocenters. The van der Waals surface area contributed by atoms with E-state index >= 15 is 0 Å². The number of pyridine rings is 1. The summed E-state index contributed by atoms with van der Waals surface area (Å²) in [5.41, 5.74) is 5.32. The minimum absolute atomic E-state index is 0.0468. The van der Waals surface area contributed by atoms with Crippen LogP contribution in [-0.2, 0) is 10.0 Å². The fourth-order valence-corrected chi connectivity index (χ4v) is 3.72. The summed E-state index contributed by atoms with van der Waals surface area (Å²) < 4.78 is 27.1. The van der Waals surface area contributed by atoms with Crippen LogP contribution in [0.2, 0.25) is 0 Å². The SMILES string of the molecule is CCC1(NS(=O)(=O)c2cccnc2N)CCC1. The molecule has 1 aromatic rings. The second-order valence-corrected chi connectivity index (χ2v) is 6.13. The number of rotatable bonds is 4. The van der Waals surface area contributed by atoms with Crippen LogP contribution in [0.25, 0.3) is 0 Å². The van der Waals surface area contributed by atoms with E-state index in [1.54, 1.807) is 6.07 Å². The average molecular weight is 255 g/mol. The van der Waals surface area contributed by atoms with E-state index in [2.05, 4.69) is 9.71 Å². The Morgan fingerprint density at radius 2 is 2.24 bits per heavy atom. The standard InChI is InChI=1S/C11H17N3O2S/c1-2-11(6-4-7-11)14-17(15,16)9-5-3-8-13-10(9)12/h3,5,8,14H,2,4,6-7H2,1H3,(H2,12,13). The van der Waals surface area contributed by atoms with Crippen molar-refractivity contribution in [1.82, 2.24) is 9.71 Å². The topological polar surface area (TPSA) is 85.1 Å². The van der Waals surface area contributed by atoms with Crippen LogP contribution in [-0.4, -0.2) is 18.9 Å². The molecule has 1 aliphatic rings. The molecule has 0 atom stereocenters. The molecule has 94 valence electrons. The first-order chi connectivity index (χ1) is 7.99. The highest BCUT2D eigenvalue weighted by atomic mass is 32.2. The van der Waals surface area contributed by atoms with Gasteiger partial charge in [-0.1, -0.05) is 6.92 Å². The third-order valence-electron chi connectivity index (χ3n) is 3.43. The molecule has 1 saturated carbocycles. The number of nitrogens with zero attached hydrogens (tertiary/aromatic N) is 1. The van der Waals surface area contributed by atoms with Gasteiger partial charge in [0.1, 0.15) is 10.7 Å². The minimum atomic E-state index is -3.56. The molecule has 2 rings (SSSR count). The summed E-state index contributed by atoms with van der Waals surface area (Å²) in [6.07, 6.45) is 5.13. The lowest BCUT2D eigenvalue weighted by atomic mass is 9.76. The van der Waals surface area contributed by atoms with Crippen LogP contribution in [0.4, 0.5) is 5.82 Å². The fraction of sp³-hybridized carbons (Fsp3) is 0.545. The van der Waals surface area contributed by atoms with Gasteiger partial charge in [0.05, 0.1) is 0 Å². The number of nitrogens with one attached hydrogen (secondary N) is 1. The van der Waals surface area contributed by atoms with E-state index in [-0.39, 0.29) is 16.3 Å². The van der Waals surface area contributed by atoms with E-state index in [0.717, 1.165) is 25.7 Å². The highest BCUT2D eigenvalue weighted by Gasteiger charge is 2.39. The van der Waals surface area contributed by atoms with Gasteiger partial charge in [-0.15, -0.1) is 0 Å². The van der Waals surface area contributed by atoms with Gasteiger partial charge in [-0.3, -0.25) is 0 Å². The molecule has 0 aliphatic heterocycles. The van der Waals surface area contributed by atoms with Gasteiger partial charge in [-0.2, -0.15) is 0 Å². The van der Waals surface area contributed by atoms with Crippen LogP contribution in [0.1, 0.15) is 32.6 Å². The van der Waals surface area contributed by atoms with E-state index in [4.69, 9.17) is 5.73 Å². The molecule has 0 radical (unpaired) electrons. The summed E-state index contributed by atoms with van der Waals surface area (Å²) in [6, 6.07) is 3.05. The maximum Gasteiger partial charge on any atom is 0.244 e. The van der Waals surface area contributed by atoms with Crippen LogP contribution >= 0.6 is 0 Å². The van der Waals surface area contributed by atoms with Gasteiger partial charge in [0.15, 0.2) is 0 Å². The largest absolute Gasteiger partial charge is 0.383 e.